The standard InChI is InChI=1S/C19H23N3O3/c1-20-11-13-4-7-15(8-5-13)25-12-18(23)14-6-9-16-17(10-14)22(3)19(24)21(16)2/h4-10,18,20,23H,11-12H2,1-3H3/t18-/m0/s1. The molecule has 0 unspecified atom stereocenters. The highest BCUT2D eigenvalue weighted by atomic mass is 16.5. The monoisotopic (exact) mass is 341 g/mol. The van der Waals surface area contributed by atoms with E-state index in [0.717, 1.165) is 23.1 Å². The van der Waals surface area contributed by atoms with Crippen molar-refractivity contribution in [1.29, 1.82) is 0 Å². The first-order chi connectivity index (χ1) is 12.0. The van der Waals surface area contributed by atoms with E-state index in [1.54, 1.807) is 23.2 Å². The van der Waals surface area contributed by atoms with E-state index in [-0.39, 0.29) is 12.3 Å². The average Bonchev–Trinajstić information content (AvgIpc) is 2.85. The summed E-state index contributed by atoms with van der Waals surface area (Å²) in [7, 11) is 5.37. The third-order valence-corrected chi connectivity index (χ3v) is 4.39. The van der Waals surface area contributed by atoms with Crippen molar-refractivity contribution in [2.24, 2.45) is 14.1 Å². The second kappa shape index (κ2) is 7.13. The molecule has 3 aromatic rings. The molecular weight excluding hydrogens is 318 g/mol. The summed E-state index contributed by atoms with van der Waals surface area (Å²) in [5.74, 6) is 0.715. The zero-order valence-corrected chi connectivity index (χ0v) is 14.7. The van der Waals surface area contributed by atoms with Gasteiger partial charge in [-0.1, -0.05) is 18.2 Å². The lowest BCUT2D eigenvalue weighted by molar-refractivity contribution is 0.108. The molecule has 2 N–H and O–H groups in total. The summed E-state index contributed by atoms with van der Waals surface area (Å²) in [6, 6.07) is 13.3. The van der Waals surface area contributed by atoms with Gasteiger partial charge in [0.25, 0.3) is 0 Å². The molecule has 0 aliphatic heterocycles. The first-order valence-corrected chi connectivity index (χ1v) is 8.21. The topological polar surface area (TPSA) is 68.4 Å². The number of aryl methyl sites for hydroxylation is 2. The van der Waals surface area contributed by atoms with Gasteiger partial charge in [-0.25, -0.2) is 4.79 Å². The summed E-state index contributed by atoms with van der Waals surface area (Å²) in [5, 5.41) is 13.5. The van der Waals surface area contributed by atoms with Gasteiger partial charge in [-0.2, -0.15) is 0 Å². The number of imidazole rings is 1. The minimum atomic E-state index is -0.767. The van der Waals surface area contributed by atoms with Crippen LogP contribution in [0.5, 0.6) is 5.75 Å². The van der Waals surface area contributed by atoms with Crippen LogP contribution in [-0.4, -0.2) is 27.9 Å². The van der Waals surface area contributed by atoms with E-state index >= 15 is 0 Å². The number of benzene rings is 2. The Kier molecular flexibility index (Phi) is 4.92. The van der Waals surface area contributed by atoms with E-state index in [9.17, 15) is 9.90 Å². The molecule has 0 amide bonds. The van der Waals surface area contributed by atoms with Crippen molar-refractivity contribution in [3.63, 3.8) is 0 Å². The van der Waals surface area contributed by atoms with Crippen LogP contribution in [0.1, 0.15) is 17.2 Å². The van der Waals surface area contributed by atoms with Gasteiger partial charge in [0.05, 0.1) is 11.0 Å². The molecule has 1 heterocycles. The minimum Gasteiger partial charge on any atom is -0.491 e. The number of rotatable bonds is 6. The summed E-state index contributed by atoms with van der Waals surface area (Å²) in [6.45, 7) is 0.955. The lowest BCUT2D eigenvalue weighted by Crippen LogP contribution is -2.19. The highest BCUT2D eigenvalue weighted by Crippen LogP contribution is 2.21. The molecule has 0 bridgehead atoms. The highest BCUT2D eigenvalue weighted by Gasteiger charge is 2.13. The van der Waals surface area contributed by atoms with E-state index in [0.29, 0.717) is 5.75 Å². The van der Waals surface area contributed by atoms with Gasteiger partial charge in [-0.15, -0.1) is 0 Å². The maximum Gasteiger partial charge on any atom is 0.328 e. The lowest BCUT2D eigenvalue weighted by atomic mass is 10.1. The van der Waals surface area contributed by atoms with Crippen LogP contribution in [0, 0.1) is 0 Å². The van der Waals surface area contributed by atoms with Gasteiger partial charge in [-0.3, -0.25) is 9.13 Å². The van der Waals surface area contributed by atoms with Crippen molar-refractivity contribution in [3.05, 3.63) is 64.1 Å². The second-order valence-corrected chi connectivity index (χ2v) is 6.15. The number of ether oxygens (including phenoxy) is 1. The molecule has 0 radical (unpaired) electrons. The lowest BCUT2D eigenvalue weighted by Gasteiger charge is -2.13. The van der Waals surface area contributed by atoms with Crippen molar-refractivity contribution in [2.75, 3.05) is 13.7 Å². The number of nitrogens with zero attached hydrogens (tertiary/aromatic N) is 2. The highest BCUT2D eigenvalue weighted by molar-refractivity contribution is 5.76. The zero-order chi connectivity index (χ0) is 18.0. The Morgan fingerprint density at radius 1 is 1.08 bits per heavy atom. The van der Waals surface area contributed by atoms with Crippen LogP contribution in [0.25, 0.3) is 11.0 Å². The Hall–Kier alpha value is -2.57. The van der Waals surface area contributed by atoms with Crippen molar-refractivity contribution in [3.8, 4) is 5.75 Å². The quantitative estimate of drug-likeness (QED) is 0.716. The van der Waals surface area contributed by atoms with Crippen LogP contribution in [0.15, 0.2) is 47.3 Å². The first kappa shape index (κ1) is 17.3. The Labute approximate surface area is 146 Å². The molecule has 0 saturated carbocycles. The maximum absolute atomic E-state index is 12.0. The van der Waals surface area contributed by atoms with Crippen LogP contribution in [0.4, 0.5) is 0 Å². The number of aromatic nitrogens is 2. The van der Waals surface area contributed by atoms with E-state index in [2.05, 4.69) is 5.32 Å². The fraction of sp³-hybridized carbons (Fsp3) is 0.316. The van der Waals surface area contributed by atoms with Crippen molar-refractivity contribution < 1.29 is 9.84 Å². The van der Waals surface area contributed by atoms with Crippen molar-refractivity contribution >= 4 is 11.0 Å². The number of aliphatic hydroxyl groups excluding tert-OH is 1. The average molecular weight is 341 g/mol. The second-order valence-electron chi connectivity index (χ2n) is 6.15. The molecule has 25 heavy (non-hydrogen) atoms. The molecule has 6 heteroatoms. The van der Waals surface area contributed by atoms with Crippen LogP contribution < -0.4 is 15.7 Å². The molecule has 0 aliphatic rings. The number of fused-ring (bicyclic) bond motifs is 1. The summed E-state index contributed by atoms with van der Waals surface area (Å²) in [6.07, 6.45) is -0.767. The fourth-order valence-corrected chi connectivity index (χ4v) is 2.91. The van der Waals surface area contributed by atoms with Crippen LogP contribution in [-0.2, 0) is 20.6 Å². The van der Waals surface area contributed by atoms with Crippen LogP contribution >= 0.6 is 0 Å². The van der Waals surface area contributed by atoms with Gasteiger partial charge in [0.1, 0.15) is 18.5 Å². The van der Waals surface area contributed by atoms with Gasteiger partial charge in [0.2, 0.25) is 0 Å². The largest absolute Gasteiger partial charge is 0.491 e. The Morgan fingerprint density at radius 3 is 2.44 bits per heavy atom. The normalized spacial score (nSPS) is 12.5. The molecule has 132 valence electrons. The molecule has 1 aromatic heterocycles. The Morgan fingerprint density at radius 2 is 1.76 bits per heavy atom. The Bertz CT molecular complexity index is 925. The predicted octanol–water partition coefficient (Wildman–Crippen LogP) is 1.71. The van der Waals surface area contributed by atoms with E-state index in [1.807, 2.05) is 49.5 Å². The number of aliphatic hydroxyl groups is 1. The molecule has 0 saturated heterocycles. The van der Waals surface area contributed by atoms with Crippen molar-refractivity contribution in [1.82, 2.24) is 14.5 Å². The van der Waals surface area contributed by atoms with Gasteiger partial charge >= 0.3 is 5.69 Å². The SMILES string of the molecule is CNCc1ccc(OC[C@H](O)c2ccc3c(c2)n(C)c(=O)n3C)cc1. The third kappa shape index (κ3) is 3.45. The van der Waals surface area contributed by atoms with Crippen LogP contribution in [0.2, 0.25) is 0 Å². The number of nitrogens with one attached hydrogen (secondary N) is 1. The van der Waals surface area contributed by atoms with E-state index < -0.39 is 6.10 Å². The van der Waals surface area contributed by atoms with E-state index in [4.69, 9.17) is 4.74 Å². The maximum atomic E-state index is 12.0. The molecule has 0 aliphatic carbocycles. The van der Waals surface area contributed by atoms with Crippen LogP contribution in [0.3, 0.4) is 0 Å². The smallest absolute Gasteiger partial charge is 0.328 e. The summed E-state index contributed by atoms with van der Waals surface area (Å²) in [5.41, 5.74) is 3.44. The molecule has 1 atom stereocenters. The summed E-state index contributed by atoms with van der Waals surface area (Å²) < 4.78 is 8.85. The summed E-state index contributed by atoms with van der Waals surface area (Å²) >= 11 is 0. The number of hydrogen-bond acceptors (Lipinski definition) is 4. The van der Waals surface area contributed by atoms with Crippen molar-refractivity contribution in [2.45, 2.75) is 12.6 Å². The number of hydrogen-bond donors (Lipinski definition) is 2. The minimum absolute atomic E-state index is 0.0838. The van der Waals surface area contributed by atoms with Gasteiger partial charge < -0.3 is 15.2 Å². The predicted molar refractivity (Wildman–Crippen MR) is 97.8 cm³/mol. The third-order valence-electron chi connectivity index (χ3n) is 4.39. The molecule has 0 spiro atoms. The van der Waals surface area contributed by atoms with Gasteiger partial charge in [0.15, 0.2) is 0 Å². The molecule has 3 rings (SSSR count). The molecule has 6 nitrogen and oxygen atoms in total. The Balaban J connectivity index is 1.72. The molecule has 2 aromatic carbocycles. The van der Waals surface area contributed by atoms with E-state index in [1.165, 1.54) is 5.56 Å². The molecular formula is C19H23N3O3. The van der Waals surface area contributed by atoms with Gasteiger partial charge in [-0.05, 0) is 42.4 Å². The molecule has 0 fully saturated rings. The zero-order valence-electron chi connectivity index (χ0n) is 14.7. The van der Waals surface area contributed by atoms with Gasteiger partial charge in [0, 0.05) is 20.6 Å². The fourth-order valence-electron chi connectivity index (χ4n) is 2.91. The first-order valence-electron chi connectivity index (χ1n) is 8.21. The summed E-state index contributed by atoms with van der Waals surface area (Å²) in [4.78, 5) is 12.0.